The van der Waals surface area contributed by atoms with Gasteiger partial charge in [-0.15, -0.1) is 0 Å². The molecule has 0 atom stereocenters. The van der Waals surface area contributed by atoms with Crippen molar-refractivity contribution in [2.75, 3.05) is 25.6 Å². The Morgan fingerprint density at radius 3 is 3.06 bits per heavy atom. The molecule has 0 saturated carbocycles. The van der Waals surface area contributed by atoms with E-state index in [2.05, 4.69) is 10.3 Å². The van der Waals surface area contributed by atoms with Crippen LogP contribution in [0.25, 0.3) is 10.9 Å². The van der Waals surface area contributed by atoms with Crippen LogP contribution in [0.1, 0.15) is 6.42 Å². The molecule has 2 aromatic rings. The molecule has 0 aliphatic heterocycles. The Labute approximate surface area is 106 Å². The van der Waals surface area contributed by atoms with Crippen molar-refractivity contribution in [3.63, 3.8) is 0 Å². The highest BCUT2D eigenvalue weighted by molar-refractivity contribution is 6.35. The second kappa shape index (κ2) is 5.84. The zero-order chi connectivity index (χ0) is 12.1. The van der Waals surface area contributed by atoms with E-state index in [1.54, 1.807) is 13.3 Å². The number of hydrogen-bond acceptors (Lipinski definition) is 3. The minimum absolute atomic E-state index is 0.732. The first kappa shape index (κ1) is 12.1. The number of anilines is 1. The summed E-state index contributed by atoms with van der Waals surface area (Å²) in [5, 5.41) is 5.06. The molecule has 90 valence electrons. The molecule has 0 saturated heterocycles. The van der Waals surface area contributed by atoms with Crippen molar-refractivity contribution in [2.24, 2.45) is 0 Å². The number of fused-ring (bicyclic) bond motifs is 1. The Hall–Kier alpha value is -1.32. The smallest absolute Gasteiger partial charge is 0.0948 e. The Bertz CT molecular complexity index is 502. The van der Waals surface area contributed by atoms with E-state index in [1.165, 1.54) is 0 Å². The SMILES string of the molecule is COCCCNc1ccc(Cl)c2cccnc12. The molecular formula is C13H15ClN2O. The van der Waals surface area contributed by atoms with E-state index in [1.807, 2.05) is 24.3 Å². The van der Waals surface area contributed by atoms with Gasteiger partial charge in [-0.25, -0.2) is 0 Å². The third-order valence-corrected chi connectivity index (χ3v) is 2.89. The number of ether oxygens (including phenoxy) is 1. The van der Waals surface area contributed by atoms with Gasteiger partial charge in [0.1, 0.15) is 0 Å². The van der Waals surface area contributed by atoms with E-state index in [-0.39, 0.29) is 0 Å². The highest BCUT2D eigenvalue weighted by Crippen LogP contribution is 2.27. The van der Waals surface area contributed by atoms with Crippen LogP contribution in [0.3, 0.4) is 0 Å². The molecule has 1 aromatic heterocycles. The number of aromatic nitrogens is 1. The summed E-state index contributed by atoms with van der Waals surface area (Å²) in [6.07, 6.45) is 2.74. The molecule has 0 amide bonds. The lowest BCUT2D eigenvalue weighted by Crippen LogP contribution is -2.05. The number of pyridine rings is 1. The lowest BCUT2D eigenvalue weighted by molar-refractivity contribution is 0.198. The van der Waals surface area contributed by atoms with Gasteiger partial charge in [-0.05, 0) is 30.7 Å². The van der Waals surface area contributed by atoms with Crippen molar-refractivity contribution in [2.45, 2.75) is 6.42 Å². The number of benzene rings is 1. The van der Waals surface area contributed by atoms with Crippen LogP contribution in [0.4, 0.5) is 5.69 Å². The van der Waals surface area contributed by atoms with Crippen molar-refractivity contribution in [1.29, 1.82) is 0 Å². The molecule has 17 heavy (non-hydrogen) atoms. The summed E-state index contributed by atoms with van der Waals surface area (Å²) in [7, 11) is 1.71. The van der Waals surface area contributed by atoms with Gasteiger partial charge in [0.25, 0.3) is 0 Å². The van der Waals surface area contributed by atoms with E-state index in [4.69, 9.17) is 16.3 Å². The highest BCUT2D eigenvalue weighted by atomic mass is 35.5. The van der Waals surface area contributed by atoms with Gasteiger partial charge in [-0.2, -0.15) is 0 Å². The van der Waals surface area contributed by atoms with Crippen LogP contribution < -0.4 is 5.32 Å². The summed E-state index contributed by atoms with van der Waals surface area (Å²) >= 11 is 6.13. The third-order valence-electron chi connectivity index (χ3n) is 2.56. The van der Waals surface area contributed by atoms with Crippen LogP contribution in [0.5, 0.6) is 0 Å². The molecular weight excluding hydrogens is 236 g/mol. The maximum Gasteiger partial charge on any atom is 0.0948 e. The van der Waals surface area contributed by atoms with Crippen molar-refractivity contribution < 1.29 is 4.74 Å². The van der Waals surface area contributed by atoms with Gasteiger partial charge in [0.2, 0.25) is 0 Å². The number of hydrogen-bond donors (Lipinski definition) is 1. The van der Waals surface area contributed by atoms with Gasteiger partial charge >= 0.3 is 0 Å². The molecule has 0 fully saturated rings. The predicted molar refractivity (Wildman–Crippen MR) is 71.7 cm³/mol. The fraction of sp³-hybridized carbons (Fsp3) is 0.308. The normalized spacial score (nSPS) is 10.7. The summed E-state index contributed by atoms with van der Waals surface area (Å²) in [5.41, 5.74) is 1.93. The number of rotatable bonds is 5. The summed E-state index contributed by atoms with van der Waals surface area (Å²) in [6.45, 7) is 1.62. The monoisotopic (exact) mass is 250 g/mol. The van der Waals surface area contributed by atoms with Crippen molar-refractivity contribution in [3.05, 3.63) is 35.5 Å². The minimum atomic E-state index is 0.732. The number of nitrogens with one attached hydrogen (secondary N) is 1. The first-order valence-corrected chi connectivity index (χ1v) is 5.97. The Kier molecular flexibility index (Phi) is 4.18. The molecule has 1 N–H and O–H groups in total. The molecule has 0 aliphatic carbocycles. The largest absolute Gasteiger partial charge is 0.385 e. The maximum atomic E-state index is 6.13. The lowest BCUT2D eigenvalue weighted by Gasteiger charge is -2.09. The van der Waals surface area contributed by atoms with E-state index in [0.717, 1.165) is 41.2 Å². The Morgan fingerprint density at radius 2 is 2.24 bits per heavy atom. The molecule has 0 bridgehead atoms. The van der Waals surface area contributed by atoms with Gasteiger partial charge in [-0.1, -0.05) is 11.6 Å². The Balaban J connectivity index is 2.20. The van der Waals surface area contributed by atoms with Gasteiger partial charge in [0.05, 0.1) is 16.2 Å². The van der Waals surface area contributed by atoms with Crippen molar-refractivity contribution in [1.82, 2.24) is 4.98 Å². The Morgan fingerprint density at radius 1 is 1.35 bits per heavy atom. The van der Waals surface area contributed by atoms with Crippen molar-refractivity contribution >= 4 is 28.2 Å². The molecule has 1 heterocycles. The molecule has 4 heteroatoms. The first-order valence-electron chi connectivity index (χ1n) is 5.59. The fourth-order valence-corrected chi connectivity index (χ4v) is 1.94. The molecule has 0 spiro atoms. The summed E-state index contributed by atoms with van der Waals surface area (Å²) in [5.74, 6) is 0. The number of methoxy groups -OCH3 is 1. The first-order chi connectivity index (χ1) is 8.33. The quantitative estimate of drug-likeness (QED) is 0.827. The molecule has 1 aromatic carbocycles. The molecule has 0 radical (unpaired) electrons. The van der Waals surface area contributed by atoms with Crippen LogP contribution in [-0.4, -0.2) is 25.2 Å². The van der Waals surface area contributed by atoms with Gasteiger partial charge < -0.3 is 10.1 Å². The predicted octanol–water partition coefficient (Wildman–Crippen LogP) is 3.34. The van der Waals surface area contributed by atoms with E-state index >= 15 is 0 Å². The average molecular weight is 251 g/mol. The minimum Gasteiger partial charge on any atom is -0.385 e. The summed E-state index contributed by atoms with van der Waals surface area (Å²) in [6, 6.07) is 7.72. The van der Waals surface area contributed by atoms with Gasteiger partial charge in [-0.3, -0.25) is 4.98 Å². The third kappa shape index (κ3) is 2.87. The average Bonchev–Trinajstić information content (AvgIpc) is 2.37. The molecule has 3 nitrogen and oxygen atoms in total. The van der Waals surface area contributed by atoms with Crippen LogP contribution in [-0.2, 0) is 4.74 Å². The van der Waals surface area contributed by atoms with E-state index < -0.39 is 0 Å². The second-order valence-electron chi connectivity index (χ2n) is 3.77. The van der Waals surface area contributed by atoms with E-state index in [9.17, 15) is 0 Å². The summed E-state index contributed by atoms with van der Waals surface area (Å²) < 4.78 is 5.01. The van der Waals surface area contributed by atoms with Crippen LogP contribution >= 0.6 is 11.6 Å². The lowest BCUT2D eigenvalue weighted by atomic mass is 10.2. The zero-order valence-electron chi connectivity index (χ0n) is 9.74. The molecule has 0 aliphatic rings. The second-order valence-corrected chi connectivity index (χ2v) is 4.17. The fourth-order valence-electron chi connectivity index (χ4n) is 1.72. The van der Waals surface area contributed by atoms with Crippen molar-refractivity contribution in [3.8, 4) is 0 Å². The standard InChI is InChI=1S/C13H15ClN2O/c1-17-9-3-8-15-12-6-5-11(14)10-4-2-7-16-13(10)12/h2,4-7,15H,3,8-9H2,1H3. The number of halogens is 1. The molecule has 0 unspecified atom stereocenters. The summed E-state index contributed by atoms with van der Waals surface area (Å²) in [4.78, 5) is 4.36. The van der Waals surface area contributed by atoms with Gasteiger partial charge in [0, 0.05) is 31.8 Å². The topological polar surface area (TPSA) is 34.1 Å². The van der Waals surface area contributed by atoms with Crippen LogP contribution in [0.15, 0.2) is 30.5 Å². The zero-order valence-corrected chi connectivity index (χ0v) is 10.5. The van der Waals surface area contributed by atoms with Crippen LogP contribution in [0.2, 0.25) is 5.02 Å². The maximum absolute atomic E-state index is 6.13. The van der Waals surface area contributed by atoms with Gasteiger partial charge in [0.15, 0.2) is 0 Å². The van der Waals surface area contributed by atoms with E-state index in [0.29, 0.717) is 0 Å². The highest BCUT2D eigenvalue weighted by Gasteiger charge is 2.04. The number of nitrogens with zero attached hydrogens (tertiary/aromatic N) is 1. The molecule has 2 rings (SSSR count). The van der Waals surface area contributed by atoms with Crippen LogP contribution in [0, 0.1) is 0 Å².